The number of hydrogen-bond donors (Lipinski definition) is 7. The second-order valence-corrected chi connectivity index (χ2v) is 24.0. The van der Waals surface area contributed by atoms with Crippen LogP contribution in [0.15, 0.2) is 0 Å². The van der Waals surface area contributed by atoms with Crippen molar-refractivity contribution in [3.63, 3.8) is 0 Å². The fourth-order valence-corrected chi connectivity index (χ4v) is 20.3. The molecule has 0 aromatic rings. The van der Waals surface area contributed by atoms with Crippen molar-refractivity contribution in [1.29, 1.82) is 0 Å². The zero-order chi connectivity index (χ0) is 39.7. The largest absolute Gasteiger partial charge is 2.00 e. The van der Waals surface area contributed by atoms with Crippen LogP contribution in [0.4, 0.5) is 0 Å². The molecule has 0 aromatic carbocycles. The van der Waals surface area contributed by atoms with E-state index in [4.69, 9.17) is 5.32 Å². The molecule has 20 unspecified atom stereocenters. The van der Waals surface area contributed by atoms with Gasteiger partial charge in [-0.2, -0.15) is 0 Å². The van der Waals surface area contributed by atoms with Gasteiger partial charge in [-0.05, 0) is 61.2 Å². The first kappa shape index (κ1) is 50.0. The van der Waals surface area contributed by atoms with Crippen LogP contribution in [-0.2, 0) is 79.4 Å². The molecule has 5 aliphatic heterocycles. The molecule has 59 heavy (non-hydrogen) atoms. The van der Waals surface area contributed by atoms with Crippen LogP contribution in [0.2, 0.25) is 0 Å². The van der Waals surface area contributed by atoms with Crippen LogP contribution in [0, 0.1) is 47.3 Å². The van der Waals surface area contributed by atoms with Gasteiger partial charge in [0.1, 0.15) is 20.2 Å². The van der Waals surface area contributed by atoms with E-state index in [9.17, 15) is 51.9 Å². The number of rotatable bonds is 4. The Kier molecular flexibility index (Phi) is 15.5. The van der Waals surface area contributed by atoms with Crippen LogP contribution in [0.5, 0.6) is 0 Å². The van der Waals surface area contributed by atoms with Gasteiger partial charge in [-0.25, -0.2) is 33.7 Å². The summed E-state index contributed by atoms with van der Waals surface area (Å²) in [5.41, 5.74) is 0. The van der Waals surface area contributed by atoms with Gasteiger partial charge in [0.25, 0.3) is 0 Å². The molecule has 27 heteroatoms. The predicted molar refractivity (Wildman–Crippen MR) is 193 cm³/mol. The third kappa shape index (κ3) is 9.19. The monoisotopic (exact) mass is 1020 g/mol. The Morgan fingerprint density at radius 3 is 0.881 bits per heavy atom. The standard InChI is InChI=1S/C32H55N8O12S4.Na.2Zn/c41-53(42,43)21-19-20(22(54(44,45)46)24(56(50,51)52)23(21)55(47,48)49)32-39-30-18-12-6-4-10-16(18)28(37-30)35-26-14-8-2-1-7-13(14)25(33-26)34-27-15-9-3-5-11-17(15)29(36-27)38-31(19)40-32;;;/h13-32,34-40H,1-12H2,(H,41,42,43)(H,44,45,46)(H,47,48,49)(H,50,51,52);;;/q-1;+1;2*+2/p-4. The zero-order valence-electron chi connectivity index (χ0n) is 32.9. The van der Waals surface area contributed by atoms with Gasteiger partial charge in [-0.1, -0.05) is 63.7 Å². The van der Waals surface area contributed by atoms with E-state index in [0.717, 1.165) is 77.0 Å². The molecule has 9 aliphatic rings. The molecule has 320 valence electrons. The Balaban J connectivity index is 0.00000195. The van der Waals surface area contributed by atoms with Gasteiger partial charge in [0.05, 0.1) is 78.2 Å². The summed E-state index contributed by atoms with van der Waals surface area (Å²) in [7, 11) is -24.4. The smallest absolute Gasteiger partial charge is 0.748 e. The van der Waals surface area contributed by atoms with Crippen molar-refractivity contribution in [2.24, 2.45) is 47.3 Å². The minimum atomic E-state index is -6.23. The van der Waals surface area contributed by atoms with E-state index in [-0.39, 0.29) is 117 Å². The summed E-state index contributed by atoms with van der Waals surface area (Å²) in [6, 6.07) is 0. The van der Waals surface area contributed by atoms with Gasteiger partial charge in [-0.15, -0.1) is 0 Å². The van der Waals surface area contributed by atoms with Gasteiger partial charge in [0.2, 0.25) is 0 Å². The SMILES string of the molecule is O=S(=O)([O-])C1C2C3NC4NC(NC5[N-]C(NC6NC(NC(N3)C2C(S(=O)(=O)[O-])C(S(=O)(=O)[O-])C1S(=O)(=O)[O-])C1CCCCC61)C1CCCCC51)C1CCCCC41.[Na+].[Zn+2].[Zn+2]. The molecule has 0 spiro atoms. The quantitative estimate of drug-likeness (QED) is 0.102. The molecular weight excluding hydrogens is 970 g/mol. The Morgan fingerprint density at radius 1 is 0.356 bits per heavy atom. The third-order valence-corrected chi connectivity index (χ3v) is 20.8. The molecule has 8 bridgehead atoms. The molecule has 5 heterocycles. The summed E-state index contributed by atoms with van der Waals surface area (Å²) in [4.78, 5) is 0. The van der Waals surface area contributed by atoms with Gasteiger partial charge in [0, 0.05) is 11.8 Å². The summed E-state index contributed by atoms with van der Waals surface area (Å²) in [6.07, 6.45) is 6.06. The van der Waals surface area contributed by atoms with Crippen LogP contribution in [0.1, 0.15) is 77.0 Å². The molecule has 7 N–H and O–H groups in total. The molecule has 20 atom stereocenters. The Labute approximate surface area is 394 Å². The number of nitrogens with zero attached hydrogens (tertiary/aromatic N) is 1. The number of hydrogen-bond acceptors (Lipinski definition) is 19. The predicted octanol–water partition coefficient (Wildman–Crippen LogP) is -5.52. The van der Waals surface area contributed by atoms with Gasteiger partial charge < -0.3 is 34.2 Å². The van der Waals surface area contributed by atoms with Gasteiger partial charge in [-0.3, -0.25) is 26.6 Å². The molecule has 20 nitrogen and oxygen atoms in total. The van der Waals surface area contributed by atoms with E-state index in [1.807, 2.05) is 0 Å². The molecule has 0 radical (unpaired) electrons. The van der Waals surface area contributed by atoms with Crippen molar-refractivity contribution in [2.75, 3.05) is 0 Å². The molecule has 5 saturated heterocycles. The van der Waals surface area contributed by atoms with Crippen molar-refractivity contribution < 1.29 is 120 Å². The molecule has 4 saturated carbocycles. The summed E-state index contributed by atoms with van der Waals surface area (Å²) < 4.78 is 157. The van der Waals surface area contributed by atoms with Crippen molar-refractivity contribution in [2.45, 2.75) is 147 Å². The van der Waals surface area contributed by atoms with E-state index in [0.29, 0.717) is 11.8 Å². The third-order valence-electron chi connectivity index (χ3n) is 15.2. The van der Waals surface area contributed by atoms with E-state index >= 15 is 0 Å². The minimum absolute atomic E-state index is 0. The Bertz CT molecular complexity index is 1860. The summed E-state index contributed by atoms with van der Waals surface area (Å²) in [6.45, 7) is 0. The minimum Gasteiger partial charge on any atom is -0.748 e. The van der Waals surface area contributed by atoms with E-state index in [2.05, 4.69) is 37.2 Å². The van der Waals surface area contributed by atoms with Gasteiger partial charge >= 0.3 is 68.5 Å². The second kappa shape index (κ2) is 18.3. The van der Waals surface area contributed by atoms with E-state index in [1.54, 1.807) is 0 Å². The maximum Gasteiger partial charge on any atom is 2.00 e. The summed E-state index contributed by atoms with van der Waals surface area (Å²) >= 11 is 0. The first-order chi connectivity index (χ1) is 26.3. The van der Waals surface area contributed by atoms with Crippen molar-refractivity contribution >= 4 is 40.5 Å². The molecule has 9 fully saturated rings. The van der Waals surface area contributed by atoms with E-state index in [1.165, 1.54) is 0 Å². The Morgan fingerprint density at radius 2 is 0.593 bits per heavy atom. The average Bonchev–Trinajstić information content (AvgIpc) is 3.84. The summed E-state index contributed by atoms with van der Waals surface area (Å²) in [5, 5.41) is 17.5. The van der Waals surface area contributed by atoms with Crippen LogP contribution in [0.3, 0.4) is 0 Å². The van der Waals surface area contributed by atoms with Crippen molar-refractivity contribution in [3.8, 4) is 0 Å². The number of nitrogens with one attached hydrogen (secondary N) is 7. The zero-order valence-corrected chi connectivity index (χ0v) is 44.1. The first-order valence-electron chi connectivity index (χ1n) is 20.1. The normalized spacial score (nSPS) is 48.5. The molecular formula is C32H51N8NaO12S4Zn2. The van der Waals surface area contributed by atoms with Crippen LogP contribution in [-0.4, -0.2) is 122 Å². The summed E-state index contributed by atoms with van der Waals surface area (Å²) in [5.74, 6) is -3.33. The fraction of sp³-hybridized carbons (Fsp3) is 1.00. The topological polar surface area (TPSA) is 327 Å². The van der Waals surface area contributed by atoms with E-state index < -0.39 is 98.0 Å². The second-order valence-electron chi connectivity index (χ2n) is 17.9. The molecule has 0 amide bonds. The van der Waals surface area contributed by atoms with Gasteiger partial charge in [0.15, 0.2) is 0 Å². The molecule has 9 rings (SSSR count). The Hall–Kier alpha value is 1.57. The van der Waals surface area contributed by atoms with Crippen LogP contribution >= 0.6 is 0 Å². The average molecular weight is 1020 g/mol. The van der Waals surface area contributed by atoms with Crippen molar-refractivity contribution in [3.05, 3.63) is 5.32 Å². The molecule has 4 aliphatic carbocycles. The maximum atomic E-state index is 13.3. The number of fused-ring (bicyclic) bond motifs is 20. The maximum absolute atomic E-state index is 13.3. The van der Waals surface area contributed by atoms with Crippen LogP contribution < -0.4 is 66.8 Å². The van der Waals surface area contributed by atoms with Crippen molar-refractivity contribution in [1.82, 2.24) is 37.2 Å². The van der Waals surface area contributed by atoms with Crippen LogP contribution in [0.25, 0.3) is 5.32 Å². The first-order valence-corrected chi connectivity index (χ1v) is 26.0. The molecule has 0 aromatic heterocycles. The fourth-order valence-electron chi connectivity index (χ4n) is 13.2.